The standard InChI is InChI=1S/C15H23N3O2/c1-11-8-9-18(10-13(11)20-2)14(15(19)17-16)12-6-4-3-5-7-12/h3-7,11,13-14H,8-10,16H2,1-2H3,(H,17,19). The van der Waals surface area contributed by atoms with Crippen LogP contribution < -0.4 is 11.3 Å². The van der Waals surface area contributed by atoms with Gasteiger partial charge < -0.3 is 4.74 Å². The summed E-state index contributed by atoms with van der Waals surface area (Å²) in [6.07, 6.45) is 1.17. The van der Waals surface area contributed by atoms with Gasteiger partial charge in [0.25, 0.3) is 5.91 Å². The Kier molecular flexibility index (Phi) is 5.11. The van der Waals surface area contributed by atoms with Crippen LogP contribution >= 0.6 is 0 Å². The van der Waals surface area contributed by atoms with E-state index in [-0.39, 0.29) is 18.1 Å². The van der Waals surface area contributed by atoms with Gasteiger partial charge in [0.15, 0.2) is 0 Å². The number of amides is 1. The number of rotatable bonds is 4. The van der Waals surface area contributed by atoms with Crippen LogP contribution in [0.25, 0.3) is 0 Å². The second kappa shape index (κ2) is 6.83. The average Bonchev–Trinajstić information content (AvgIpc) is 2.50. The van der Waals surface area contributed by atoms with E-state index >= 15 is 0 Å². The normalized spacial score (nSPS) is 25.1. The van der Waals surface area contributed by atoms with Gasteiger partial charge in [-0.1, -0.05) is 37.3 Å². The van der Waals surface area contributed by atoms with Crippen LogP contribution in [-0.2, 0) is 9.53 Å². The summed E-state index contributed by atoms with van der Waals surface area (Å²) in [5.74, 6) is 5.68. The highest BCUT2D eigenvalue weighted by molar-refractivity contribution is 5.82. The molecule has 1 amide bonds. The number of hydrogen-bond acceptors (Lipinski definition) is 4. The van der Waals surface area contributed by atoms with Gasteiger partial charge in [-0.3, -0.25) is 15.1 Å². The lowest BCUT2D eigenvalue weighted by molar-refractivity contribution is -0.129. The van der Waals surface area contributed by atoms with Crippen molar-refractivity contribution in [3.63, 3.8) is 0 Å². The Labute approximate surface area is 120 Å². The van der Waals surface area contributed by atoms with Gasteiger partial charge in [0.1, 0.15) is 6.04 Å². The Morgan fingerprint density at radius 1 is 1.45 bits per heavy atom. The van der Waals surface area contributed by atoms with Crippen molar-refractivity contribution >= 4 is 5.91 Å². The molecule has 2 rings (SSSR count). The predicted octanol–water partition coefficient (Wildman–Crippen LogP) is 1.07. The molecule has 0 aromatic heterocycles. The van der Waals surface area contributed by atoms with Crippen molar-refractivity contribution < 1.29 is 9.53 Å². The van der Waals surface area contributed by atoms with E-state index in [0.29, 0.717) is 5.92 Å². The lowest BCUT2D eigenvalue weighted by atomic mass is 9.93. The topological polar surface area (TPSA) is 67.6 Å². The van der Waals surface area contributed by atoms with Gasteiger partial charge >= 0.3 is 0 Å². The molecule has 1 saturated heterocycles. The molecule has 3 atom stereocenters. The number of hydrogen-bond donors (Lipinski definition) is 2. The highest BCUT2D eigenvalue weighted by atomic mass is 16.5. The fourth-order valence-electron chi connectivity index (χ4n) is 2.84. The second-order valence-corrected chi connectivity index (χ2v) is 5.36. The molecule has 0 saturated carbocycles. The number of benzene rings is 1. The molecule has 1 aromatic rings. The number of carbonyl (C=O) groups excluding carboxylic acids is 1. The van der Waals surface area contributed by atoms with Gasteiger partial charge in [-0.15, -0.1) is 0 Å². The molecule has 5 nitrogen and oxygen atoms in total. The number of nitrogens with two attached hydrogens (primary N) is 1. The van der Waals surface area contributed by atoms with Crippen molar-refractivity contribution in [2.24, 2.45) is 11.8 Å². The maximum Gasteiger partial charge on any atom is 0.255 e. The van der Waals surface area contributed by atoms with Crippen molar-refractivity contribution in [2.75, 3.05) is 20.2 Å². The molecule has 3 N–H and O–H groups in total. The first-order chi connectivity index (χ1) is 9.67. The van der Waals surface area contributed by atoms with Crippen LogP contribution in [0.2, 0.25) is 0 Å². The monoisotopic (exact) mass is 277 g/mol. The molecule has 20 heavy (non-hydrogen) atoms. The molecule has 1 aromatic carbocycles. The van der Waals surface area contributed by atoms with Crippen molar-refractivity contribution in [2.45, 2.75) is 25.5 Å². The number of piperidine rings is 1. The molecule has 0 spiro atoms. The molecule has 1 heterocycles. The van der Waals surface area contributed by atoms with Gasteiger partial charge in [0.05, 0.1) is 6.10 Å². The quantitative estimate of drug-likeness (QED) is 0.491. The number of nitrogens with one attached hydrogen (secondary N) is 1. The maximum atomic E-state index is 12.2. The van der Waals surface area contributed by atoms with Crippen LogP contribution in [0.5, 0.6) is 0 Å². The van der Waals surface area contributed by atoms with E-state index in [0.717, 1.165) is 25.1 Å². The first kappa shape index (κ1) is 15.0. The molecule has 1 fully saturated rings. The smallest absolute Gasteiger partial charge is 0.255 e. The van der Waals surface area contributed by atoms with E-state index in [1.165, 1.54) is 0 Å². The average molecular weight is 277 g/mol. The zero-order chi connectivity index (χ0) is 14.5. The molecule has 3 unspecified atom stereocenters. The van der Waals surface area contributed by atoms with Crippen LogP contribution in [0, 0.1) is 5.92 Å². The third-order valence-corrected chi connectivity index (χ3v) is 4.09. The Balaban J connectivity index is 2.22. The van der Waals surface area contributed by atoms with Gasteiger partial charge in [0.2, 0.25) is 0 Å². The van der Waals surface area contributed by atoms with Crippen LogP contribution in [0.1, 0.15) is 24.9 Å². The Hall–Kier alpha value is -1.43. The molecule has 1 aliphatic rings. The molecular formula is C15H23N3O2. The van der Waals surface area contributed by atoms with Gasteiger partial charge in [-0.05, 0) is 24.4 Å². The summed E-state index contributed by atoms with van der Waals surface area (Å²) in [6.45, 7) is 3.80. The Bertz CT molecular complexity index is 438. The molecular weight excluding hydrogens is 254 g/mol. The van der Waals surface area contributed by atoms with Crippen molar-refractivity contribution in [3.8, 4) is 0 Å². The highest BCUT2D eigenvalue weighted by Crippen LogP contribution is 2.28. The Morgan fingerprint density at radius 2 is 2.15 bits per heavy atom. The Morgan fingerprint density at radius 3 is 2.75 bits per heavy atom. The second-order valence-electron chi connectivity index (χ2n) is 5.36. The number of likely N-dealkylation sites (tertiary alicyclic amines) is 1. The summed E-state index contributed by atoms with van der Waals surface area (Å²) >= 11 is 0. The van der Waals surface area contributed by atoms with Gasteiger partial charge in [-0.2, -0.15) is 0 Å². The SMILES string of the molecule is COC1CN(C(C(=O)NN)c2ccccc2)CCC1C. The van der Waals surface area contributed by atoms with Crippen LogP contribution in [0.4, 0.5) is 0 Å². The van der Waals surface area contributed by atoms with E-state index in [2.05, 4.69) is 17.2 Å². The van der Waals surface area contributed by atoms with E-state index in [1.54, 1.807) is 7.11 Å². The fourth-order valence-corrected chi connectivity index (χ4v) is 2.84. The third kappa shape index (κ3) is 3.17. The minimum atomic E-state index is -0.355. The predicted molar refractivity (Wildman–Crippen MR) is 77.7 cm³/mol. The van der Waals surface area contributed by atoms with Crippen LogP contribution in [0.15, 0.2) is 30.3 Å². The summed E-state index contributed by atoms with van der Waals surface area (Å²) in [5.41, 5.74) is 3.24. The number of methoxy groups -OCH3 is 1. The number of ether oxygens (including phenoxy) is 1. The zero-order valence-corrected chi connectivity index (χ0v) is 12.1. The van der Waals surface area contributed by atoms with E-state index in [1.807, 2.05) is 30.3 Å². The van der Waals surface area contributed by atoms with Crippen LogP contribution in [0.3, 0.4) is 0 Å². The molecule has 0 radical (unpaired) electrons. The lowest BCUT2D eigenvalue weighted by Gasteiger charge is -2.39. The largest absolute Gasteiger partial charge is 0.380 e. The van der Waals surface area contributed by atoms with E-state index < -0.39 is 0 Å². The number of hydrazine groups is 1. The molecule has 0 bridgehead atoms. The van der Waals surface area contributed by atoms with Gasteiger partial charge in [-0.25, -0.2) is 5.84 Å². The molecule has 0 aliphatic carbocycles. The number of carbonyl (C=O) groups is 1. The van der Waals surface area contributed by atoms with E-state index in [4.69, 9.17) is 10.6 Å². The van der Waals surface area contributed by atoms with Crippen molar-refractivity contribution in [1.29, 1.82) is 0 Å². The summed E-state index contributed by atoms with van der Waals surface area (Å²) in [6, 6.07) is 9.38. The maximum absolute atomic E-state index is 12.2. The first-order valence-corrected chi connectivity index (χ1v) is 6.99. The summed E-state index contributed by atoms with van der Waals surface area (Å²) < 4.78 is 5.53. The lowest BCUT2D eigenvalue weighted by Crippen LogP contribution is -2.50. The first-order valence-electron chi connectivity index (χ1n) is 6.99. The molecule has 110 valence electrons. The van der Waals surface area contributed by atoms with E-state index in [9.17, 15) is 4.79 Å². The molecule has 1 aliphatic heterocycles. The minimum absolute atomic E-state index is 0.153. The summed E-state index contributed by atoms with van der Waals surface area (Å²) in [5, 5.41) is 0. The highest BCUT2D eigenvalue weighted by Gasteiger charge is 2.34. The van der Waals surface area contributed by atoms with Gasteiger partial charge in [0, 0.05) is 13.7 Å². The third-order valence-electron chi connectivity index (χ3n) is 4.09. The van der Waals surface area contributed by atoms with Crippen molar-refractivity contribution in [3.05, 3.63) is 35.9 Å². The van der Waals surface area contributed by atoms with Crippen molar-refractivity contribution in [1.82, 2.24) is 10.3 Å². The number of nitrogens with zero attached hydrogens (tertiary/aromatic N) is 1. The zero-order valence-electron chi connectivity index (χ0n) is 12.1. The molecule has 5 heteroatoms. The summed E-state index contributed by atoms with van der Waals surface area (Å²) in [4.78, 5) is 14.3. The summed E-state index contributed by atoms with van der Waals surface area (Å²) in [7, 11) is 1.73. The van der Waals surface area contributed by atoms with Crippen LogP contribution in [-0.4, -0.2) is 37.1 Å². The minimum Gasteiger partial charge on any atom is -0.380 e. The fraction of sp³-hybridized carbons (Fsp3) is 0.533.